The van der Waals surface area contributed by atoms with Gasteiger partial charge in [0.15, 0.2) is 0 Å². The summed E-state index contributed by atoms with van der Waals surface area (Å²) in [4.78, 5) is 5.17. The van der Waals surface area contributed by atoms with Crippen molar-refractivity contribution in [3.8, 4) is 0 Å². The van der Waals surface area contributed by atoms with E-state index in [-0.39, 0.29) is 0 Å². The summed E-state index contributed by atoms with van der Waals surface area (Å²) in [5, 5.41) is 0. The first-order valence-electron chi connectivity index (χ1n) is 9.74. The Balaban J connectivity index is 1.73. The van der Waals surface area contributed by atoms with E-state index in [1.54, 1.807) is 0 Å². The van der Waals surface area contributed by atoms with Gasteiger partial charge in [-0.05, 0) is 71.9 Å². The van der Waals surface area contributed by atoms with Crippen molar-refractivity contribution in [1.29, 1.82) is 0 Å². The highest BCUT2D eigenvalue weighted by atomic mass is 15.1. The van der Waals surface area contributed by atoms with Crippen LogP contribution in [-0.2, 0) is 0 Å². The Hall–Kier alpha value is -0.0800. The summed E-state index contributed by atoms with van der Waals surface area (Å²) in [7, 11) is 2.29. The van der Waals surface area contributed by atoms with Gasteiger partial charge >= 0.3 is 0 Å². The molecule has 1 aliphatic rings. The van der Waals surface area contributed by atoms with Crippen LogP contribution in [0, 0.1) is 0 Å². The molecule has 0 amide bonds. The van der Waals surface area contributed by atoms with Crippen molar-refractivity contribution >= 4 is 0 Å². The zero-order valence-corrected chi connectivity index (χ0v) is 14.9. The number of hydrogen-bond donors (Lipinski definition) is 0. The van der Waals surface area contributed by atoms with E-state index in [9.17, 15) is 0 Å². The fraction of sp³-hybridized carbons (Fsp3) is 1.00. The summed E-state index contributed by atoms with van der Waals surface area (Å²) in [5.74, 6) is 0. The molecular weight excluding hydrogens is 256 g/mol. The molecule has 0 unspecified atom stereocenters. The second-order valence-corrected chi connectivity index (χ2v) is 7.03. The number of unbranched alkanes of at least 4 members (excludes halogenated alkanes) is 8. The van der Waals surface area contributed by atoms with Gasteiger partial charge in [-0.25, -0.2) is 0 Å². The van der Waals surface area contributed by atoms with Crippen molar-refractivity contribution in [3.63, 3.8) is 0 Å². The van der Waals surface area contributed by atoms with Crippen molar-refractivity contribution in [3.05, 3.63) is 0 Å². The van der Waals surface area contributed by atoms with Crippen molar-refractivity contribution in [2.24, 2.45) is 0 Å². The van der Waals surface area contributed by atoms with Crippen molar-refractivity contribution in [1.82, 2.24) is 9.80 Å². The molecule has 0 spiro atoms. The number of nitrogens with zero attached hydrogens (tertiary/aromatic N) is 2. The minimum atomic E-state index is 1.30. The quantitative estimate of drug-likeness (QED) is 0.419. The van der Waals surface area contributed by atoms with Crippen LogP contribution in [0.2, 0.25) is 0 Å². The molecule has 1 fully saturated rings. The Kier molecular flexibility index (Phi) is 12.3. The maximum atomic E-state index is 2.65. The highest BCUT2D eigenvalue weighted by molar-refractivity contribution is 4.65. The third-order valence-electron chi connectivity index (χ3n) is 4.86. The van der Waals surface area contributed by atoms with Crippen LogP contribution in [0.1, 0.15) is 84.0 Å². The predicted molar refractivity (Wildman–Crippen MR) is 95.0 cm³/mol. The normalized spacial score (nSPS) is 16.1. The van der Waals surface area contributed by atoms with Gasteiger partial charge in [0.05, 0.1) is 0 Å². The lowest BCUT2D eigenvalue weighted by atomic mass is 10.1. The van der Waals surface area contributed by atoms with Gasteiger partial charge in [-0.3, -0.25) is 0 Å². The first-order chi connectivity index (χ1) is 10.3. The van der Waals surface area contributed by atoms with Crippen LogP contribution < -0.4 is 0 Å². The second-order valence-electron chi connectivity index (χ2n) is 7.03. The highest BCUT2D eigenvalue weighted by Gasteiger charge is 2.09. The third kappa shape index (κ3) is 11.2. The van der Waals surface area contributed by atoms with Crippen molar-refractivity contribution in [2.45, 2.75) is 84.0 Å². The Labute approximate surface area is 134 Å². The third-order valence-corrected chi connectivity index (χ3v) is 4.86. The molecule has 0 bridgehead atoms. The van der Waals surface area contributed by atoms with E-state index < -0.39 is 0 Å². The Morgan fingerprint density at radius 3 is 1.86 bits per heavy atom. The van der Waals surface area contributed by atoms with Gasteiger partial charge in [0.1, 0.15) is 0 Å². The monoisotopic (exact) mass is 296 g/mol. The van der Waals surface area contributed by atoms with Gasteiger partial charge in [-0.15, -0.1) is 0 Å². The first kappa shape index (κ1) is 19.0. The van der Waals surface area contributed by atoms with E-state index in [1.165, 1.54) is 110 Å². The van der Waals surface area contributed by atoms with Crippen LogP contribution in [0.25, 0.3) is 0 Å². The van der Waals surface area contributed by atoms with Crippen molar-refractivity contribution < 1.29 is 0 Å². The molecule has 1 aliphatic heterocycles. The van der Waals surface area contributed by atoms with Crippen LogP contribution >= 0.6 is 0 Å². The Morgan fingerprint density at radius 1 is 0.714 bits per heavy atom. The standard InChI is InChI=1S/C19H40N2/c1-3-4-10-15-20(2)16-11-8-6-5-7-9-12-17-21-18-13-14-19-21/h3-19H2,1-2H3. The maximum Gasteiger partial charge on any atom is -0.00183 e. The molecule has 0 aromatic carbocycles. The van der Waals surface area contributed by atoms with E-state index in [0.717, 1.165) is 0 Å². The van der Waals surface area contributed by atoms with Crippen LogP contribution in [0.5, 0.6) is 0 Å². The minimum absolute atomic E-state index is 1.30. The van der Waals surface area contributed by atoms with Crippen LogP contribution in [0.15, 0.2) is 0 Å². The fourth-order valence-corrected chi connectivity index (χ4v) is 3.35. The summed E-state index contributed by atoms with van der Waals surface area (Å²) in [6.07, 6.45) is 17.1. The minimum Gasteiger partial charge on any atom is -0.306 e. The molecule has 1 rings (SSSR count). The van der Waals surface area contributed by atoms with E-state index in [2.05, 4.69) is 23.8 Å². The molecule has 2 heteroatoms. The average molecular weight is 297 g/mol. The second kappa shape index (κ2) is 13.6. The van der Waals surface area contributed by atoms with Gasteiger partial charge in [0, 0.05) is 0 Å². The highest BCUT2D eigenvalue weighted by Crippen LogP contribution is 2.11. The summed E-state index contributed by atoms with van der Waals surface area (Å²) in [5.41, 5.74) is 0. The molecular formula is C19H40N2. The number of likely N-dealkylation sites (tertiary alicyclic amines) is 1. The summed E-state index contributed by atoms with van der Waals surface area (Å²) >= 11 is 0. The van der Waals surface area contributed by atoms with Gasteiger partial charge in [0.25, 0.3) is 0 Å². The molecule has 1 saturated heterocycles. The molecule has 0 aliphatic carbocycles. The smallest absolute Gasteiger partial charge is 0.00183 e. The van der Waals surface area contributed by atoms with E-state index >= 15 is 0 Å². The van der Waals surface area contributed by atoms with E-state index in [0.29, 0.717) is 0 Å². The Bertz CT molecular complexity index is 212. The molecule has 21 heavy (non-hydrogen) atoms. The largest absolute Gasteiger partial charge is 0.306 e. The average Bonchev–Trinajstić information content (AvgIpc) is 2.99. The lowest BCUT2D eigenvalue weighted by Gasteiger charge is -2.16. The van der Waals surface area contributed by atoms with Gasteiger partial charge < -0.3 is 9.80 Å². The molecule has 0 aromatic heterocycles. The number of rotatable bonds is 14. The molecule has 0 radical (unpaired) electrons. The maximum absolute atomic E-state index is 2.65. The summed E-state index contributed by atoms with van der Waals surface area (Å²) in [6, 6.07) is 0. The number of hydrogen-bond acceptors (Lipinski definition) is 2. The van der Waals surface area contributed by atoms with Gasteiger partial charge in [0.2, 0.25) is 0 Å². The van der Waals surface area contributed by atoms with Crippen LogP contribution in [-0.4, -0.2) is 49.6 Å². The summed E-state index contributed by atoms with van der Waals surface area (Å²) in [6.45, 7) is 8.98. The van der Waals surface area contributed by atoms with Crippen LogP contribution in [0.3, 0.4) is 0 Å². The topological polar surface area (TPSA) is 6.48 Å². The fourth-order valence-electron chi connectivity index (χ4n) is 3.35. The SMILES string of the molecule is CCCCCN(C)CCCCCCCCCN1CCCC1. The lowest BCUT2D eigenvalue weighted by Crippen LogP contribution is -2.20. The molecule has 0 atom stereocenters. The molecule has 2 nitrogen and oxygen atoms in total. The van der Waals surface area contributed by atoms with E-state index in [1.807, 2.05) is 0 Å². The molecule has 1 heterocycles. The lowest BCUT2D eigenvalue weighted by molar-refractivity contribution is 0.314. The molecule has 0 saturated carbocycles. The molecule has 0 aromatic rings. The predicted octanol–water partition coefficient (Wildman–Crippen LogP) is 4.93. The zero-order chi connectivity index (χ0) is 15.2. The molecule has 126 valence electrons. The Morgan fingerprint density at radius 2 is 1.24 bits per heavy atom. The van der Waals surface area contributed by atoms with Gasteiger partial charge in [-0.1, -0.05) is 51.9 Å². The first-order valence-corrected chi connectivity index (χ1v) is 9.74. The summed E-state index contributed by atoms with van der Waals surface area (Å²) < 4.78 is 0. The van der Waals surface area contributed by atoms with Crippen molar-refractivity contribution in [2.75, 3.05) is 39.8 Å². The van der Waals surface area contributed by atoms with Crippen LogP contribution in [0.4, 0.5) is 0 Å². The van der Waals surface area contributed by atoms with Gasteiger partial charge in [-0.2, -0.15) is 0 Å². The van der Waals surface area contributed by atoms with E-state index in [4.69, 9.17) is 0 Å². The molecule has 0 N–H and O–H groups in total. The zero-order valence-electron chi connectivity index (χ0n) is 14.9.